The van der Waals surface area contributed by atoms with Crippen molar-refractivity contribution in [2.75, 3.05) is 0 Å². The van der Waals surface area contributed by atoms with Gasteiger partial charge in [0, 0.05) is 22.0 Å². The lowest BCUT2D eigenvalue weighted by Crippen LogP contribution is -2.27. The Hall–Kier alpha value is -2.34. The van der Waals surface area contributed by atoms with Crippen LogP contribution >= 0.6 is 11.8 Å². The van der Waals surface area contributed by atoms with Crippen LogP contribution in [0, 0.1) is 0 Å². The molecule has 0 saturated heterocycles. The molecule has 1 aliphatic rings. The predicted molar refractivity (Wildman–Crippen MR) is 100 cm³/mol. The van der Waals surface area contributed by atoms with Gasteiger partial charge in [-0.2, -0.15) is 13.2 Å². The number of halogens is 3. The molecule has 136 valence electrons. The van der Waals surface area contributed by atoms with E-state index in [9.17, 15) is 13.2 Å². The number of rotatable bonds is 3. The van der Waals surface area contributed by atoms with Gasteiger partial charge in [0.05, 0.1) is 5.92 Å². The largest absolute Gasteiger partial charge is 0.446 e. The minimum absolute atomic E-state index is 0.112. The third-order valence-corrected chi connectivity index (χ3v) is 5.08. The van der Waals surface area contributed by atoms with Crippen molar-refractivity contribution in [3.63, 3.8) is 0 Å². The first-order valence-electron chi connectivity index (χ1n) is 8.11. The fraction of sp³-hybridized carbons (Fsp3) is 0.200. The van der Waals surface area contributed by atoms with E-state index in [0.29, 0.717) is 5.70 Å². The maximum absolute atomic E-state index is 12.6. The van der Waals surface area contributed by atoms with E-state index in [4.69, 9.17) is 5.73 Å². The van der Waals surface area contributed by atoms with Crippen LogP contribution in [-0.4, -0.2) is 5.51 Å². The van der Waals surface area contributed by atoms with Crippen LogP contribution in [0.5, 0.6) is 0 Å². The molecule has 0 amide bonds. The molecule has 2 nitrogen and oxygen atoms in total. The van der Waals surface area contributed by atoms with E-state index in [2.05, 4.69) is 5.32 Å². The molecule has 1 atom stereocenters. The topological polar surface area (TPSA) is 38.0 Å². The molecule has 0 saturated carbocycles. The number of hydrogen-bond donors (Lipinski definition) is 2. The van der Waals surface area contributed by atoms with Crippen molar-refractivity contribution in [3.05, 3.63) is 82.8 Å². The van der Waals surface area contributed by atoms with E-state index in [1.807, 2.05) is 44.2 Å². The second-order valence-corrected chi connectivity index (χ2v) is 7.30. The van der Waals surface area contributed by atoms with Crippen molar-refractivity contribution in [2.24, 2.45) is 5.73 Å². The molecule has 1 heterocycles. The Morgan fingerprint density at radius 3 is 2.12 bits per heavy atom. The van der Waals surface area contributed by atoms with Crippen molar-refractivity contribution < 1.29 is 13.2 Å². The third-order valence-electron chi connectivity index (χ3n) is 4.34. The van der Waals surface area contributed by atoms with Gasteiger partial charge in [-0.3, -0.25) is 0 Å². The van der Waals surface area contributed by atoms with Crippen LogP contribution in [0.15, 0.2) is 76.6 Å². The molecule has 2 aromatic carbocycles. The molecule has 3 rings (SSSR count). The lowest BCUT2D eigenvalue weighted by Gasteiger charge is -2.31. The minimum Gasteiger partial charge on any atom is -0.400 e. The van der Waals surface area contributed by atoms with Crippen LogP contribution in [0.2, 0.25) is 0 Å². The summed E-state index contributed by atoms with van der Waals surface area (Å²) in [4.78, 5) is 0.163. The Balaban J connectivity index is 2.03. The van der Waals surface area contributed by atoms with Gasteiger partial charge in [0.2, 0.25) is 0 Å². The normalized spacial score (nSPS) is 18.1. The van der Waals surface area contributed by atoms with Gasteiger partial charge in [0.1, 0.15) is 0 Å². The van der Waals surface area contributed by atoms with Gasteiger partial charge in [-0.05, 0) is 54.4 Å². The van der Waals surface area contributed by atoms with E-state index >= 15 is 0 Å². The van der Waals surface area contributed by atoms with Gasteiger partial charge in [-0.1, -0.05) is 42.5 Å². The molecular weight excluding hydrogens is 357 g/mol. The van der Waals surface area contributed by atoms with Gasteiger partial charge < -0.3 is 11.1 Å². The molecule has 0 aromatic heterocycles. The van der Waals surface area contributed by atoms with E-state index in [-0.39, 0.29) is 22.6 Å². The number of dihydropyridines is 1. The first kappa shape index (κ1) is 18.5. The van der Waals surface area contributed by atoms with Gasteiger partial charge in [-0.25, -0.2) is 0 Å². The van der Waals surface area contributed by atoms with Crippen LogP contribution in [0.3, 0.4) is 0 Å². The molecule has 6 heteroatoms. The molecule has 0 bridgehead atoms. The molecule has 1 unspecified atom stereocenters. The average Bonchev–Trinajstić information content (AvgIpc) is 2.58. The summed E-state index contributed by atoms with van der Waals surface area (Å²) in [5.74, 6) is -0.205. The average molecular weight is 376 g/mol. The molecule has 0 radical (unpaired) electrons. The quantitative estimate of drug-likeness (QED) is 0.684. The predicted octanol–water partition coefficient (Wildman–Crippen LogP) is 5.61. The van der Waals surface area contributed by atoms with E-state index in [1.54, 1.807) is 12.1 Å². The SMILES string of the molecule is CC1=C(N)C(c2ccc(SC(F)(F)F)cc2)C(c2ccccc2)=C(C)N1. The summed E-state index contributed by atoms with van der Waals surface area (Å²) in [6, 6.07) is 16.3. The lowest BCUT2D eigenvalue weighted by atomic mass is 9.81. The van der Waals surface area contributed by atoms with Crippen LogP contribution in [-0.2, 0) is 0 Å². The van der Waals surface area contributed by atoms with Crippen LogP contribution < -0.4 is 11.1 Å². The number of thioether (sulfide) groups is 1. The Morgan fingerprint density at radius 2 is 1.54 bits per heavy atom. The zero-order valence-corrected chi connectivity index (χ0v) is 15.2. The van der Waals surface area contributed by atoms with Gasteiger partial charge in [0.25, 0.3) is 0 Å². The monoisotopic (exact) mass is 376 g/mol. The summed E-state index contributed by atoms with van der Waals surface area (Å²) in [5.41, 5.74) is 7.54. The highest BCUT2D eigenvalue weighted by Crippen LogP contribution is 2.42. The number of benzene rings is 2. The fourth-order valence-corrected chi connectivity index (χ4v) is 3.76. The molecule has 0 aliphatic carbocycles. The van der Waals surface area contributed by atoms with E-state index in [1.165, 1.54) is 12.1 Å². The molecular formula is C20H19F3N2S. The first-order valence-corrected chi connectivity index (χ1v) is 8.93. The number of nitrogens with two attached hydrogens (primary N) is 1. The molecule has 0 spiro atoms. The molecule has 26 heavy (non-hydrogen) atoms. The third kappa shape index (κ3) is 3.90. The first-order chi connectivity index (χ1) is 12.3. The minimum atomic E-state index is -4.29. The molecule has 2 aromatic rings. The Kier molecular flexibility index (Phi) is 5.05. The summed E-state index contributed by atoms with van der Waals surface area (Å²) in [7, 11) is 0. The van der Waals surface area contributed by atoms with Gasteiger partial charge in [0.15, 0.2) is 0 Å². The van der Waals surface area contributed by atoms with Crippen molar-refractivity contribution in [1.29, 1.82) is 0 Å². The maximum Gasteiger partial charge on any atom is 0.446 e. The standard InChI is InChI=1S/C20H19F3N2S/c1-12-17(14-6-4-3-5-7-14)18(19(24)13(2)25-12)15-8-10-16(11-9-15)26-20(21,22)23/h3-11,18,25H,24H2,1-2H3. The van der Waals surface area contributed by atoms with Crippen molar-refractivity contribution in [3.8, 4) is 0 Å². The van der Waals surface area contributed by atoms with Crippen LogP contribution in [0.4, 0.5) is 13.2 Å². The highest BCUT2D eigenvalue weighted by atomic mass is 32.2. The molecule has 1 aliphatic heterocycles. The summed E-state index contributed by atoms with van der Waals surface area (Å²) in [6.45, 7) is 3.89. The fourth-order valence-electron chi connectivity index (χ4n) is 3.22. The Morgan fingerprint density at radius 1 is 0.923 bits per heavy atom. The highest BCUT2D eigenvalue weighted by molar-refractivity contribution is 8.00. The van der Waals surface area contributed by atoms with Crippen molar-refractivity contribution in [2.45, 2.75) is 30.2 Å². The van der Waals surface area contributed by atoms with Crippen molar-refractivity contribution in [1.82, 2.24) is 5.32 Å². The zero-order valence-electron chi connectivity index (χ0n) is 14.4. The summed E-state index contributed by atoms with van der Waals surface area (Å²) < 4.78 is 37.7. The summed E-state index contributed by atoms with van der Waals surface area (Å²) in [6.07, 6.45) is 0. The van der Waals surface area contributed by atoms with Gasteiger partial charge >= 0.3 is 5.51 Å². The van der Waals surface area contributed by atoms with Crippen molar-refractivity contribution >= 4 is 17.3 Å². The van der Waals surface area contributed by atoms with Crippen LogP contribution in [0.1, 0.15) is 30.9 Å². The van der Waals surface area contributed by atoms with Crippen LogP contribution in [0.25, 0.3) is 5.57 Å². The zero-order chi connectivity index (χ0) is 18.9. The number of allylic oxidation sites excluding steroid dienone is 3. The van der Waals surface area contributed by atoms with Gasteiger partial charge in [-0.15, -0.1) is 0 Å². The second-order valence-electron chi connectivity index (χ2n) is 6.16. The Labute approximate surface area is 155 Å². The summed E-state index contributed by atoms with van der Waals surface area (Å²) in [5, 5.41) is 3.30. The molecule has 0 fully saturated rings. The second kappa shape index (κ2) is 7.11. The highest BCUT2D eigenvalue weighted by Gasteiger charge is 2.30. The number of hydrogen-bond acceptors (Lipinski definition) is 3. The lowest BCUT2D eigenvalue weighted by molar-refractivity contribution is -0.0328. The summed E-state index contributed by atoms with van der Waals surface area (Å²) >= 11 is -0.112. The smallest absolute Gasteiger partial charge is 0.400 e. The number of alkyl halides is 3. The van der Waals surface area contributed by atoms with E-state index < -0.39 is 5.51 Å². The molecule has 3 N–H and O–H groups in total. The van der Waals surface area contributed by atoms with E-state index in [0.717, 1.165) is 28.1 Å². The maximum atomic E-state index is 12.6. The number of nitrogens with one attached hydrogen (secondary N) is 1. The Bertz CT molecular complexity index is 853.